The van der Waals surface area contributed by atoms with Crippen molar-refractivity contribution in [3.63, 3.8) is 0 Å². The van der Waals surface area contributed by atoms with Gasteiger partial charge in [0.25, 0.3) is 0 Å². The molecule has 6 nitrogen and oxygen atoms in total. The van der Waals surface area contributed by atoms with Gasteiger partial charge in [0.2, 0.25) is 0 Å². The second kappa shape index (κ2) is 8.69. The number of hydrogen-bond acceptors (Lipinski definition) is 6. The zero-order valence-electron chi connectivity index (χ0n) is 18.8. The number of fused-ring (bicyclic) bond motifs is 1. The highest BCUT2D eigenvalue weighted by Crippen LogP contribution is 2.51. The van der Waals surface area contributed by atoms with E-state index in [2.05, 4.69) is 29.2 Å². The fourth-order valence-electron chi connectivity index (χ4n) is 5.47. The first kappa shape index (κ1) is 22.3. The van der Waals surface area contributed by atoms with E-state index in [9.17, 15) is 10.2 Å². The highest BCUT2D eigenvalue weighted by Gasteiger charge is 2.46. The molecule has 1 fully saturated rings. The van der Waals surface area contributed by atoms with Gasteiger partial charge >= 0.3 is 0 Å². The number of nitrogens with two attached hydrogens (primary N) is 1. The number of nitrogens with zero attached hydrogens (tertiary/aromatic N) is 3. The van der Waals surface area contributed by atoms with Crippen molar-refractivity contribution in [2.45, 2.75) is 45.4 Å². The van der Waals surface area contributed by atoms with Gasteiger partial charge in [-0.25, -0.2) is 9.97 Å². The summed E-state index contributed by atoms with van der Waals surface area (Å²) in [5, 5.41) is 20.0. The first-order chi connectivity index (χ1) is 16.0. The molecule has 5 rings (SSSR count). The first-order valence-corrected chi connectivity index (χ1v) is 11.8. The minimum Gasteiger partial charge on any atom is -0.392 e. The molecule has 2 aromatic carbocycles. The average molecular weight is 465 g/mol. The Labute approximate surface area is 199 Å². The Kier molecular flexibility index (Phi) is 5.87. The van der Waals surface area contributed by atoms with Gasteiger partial charge in [0.1, 0.15) is 5.69 Å². The Morgan fingerprint density at radius 2 is 1.85 bits per heavy atom. The van der Waals surface area contributed by atoms with Crippen molar-refractivity contribution in [1.82, 2.24) is 9.97 Å². The summed E-state index contributed by atoms with van der Waals surface area (Å²) >= 11 is 6.46. The Morgan fingerprint density at radius 1 is 1.09 bits per heavy atom. The van der Waals surface area contributed by atoms with Crippen LogP contribution in [0.1, 0.15) is 47.0 Å². The lowest BCUT2D eigenvalue weighted by Crippen LogP contribution is -2.45. The largest absolute Gasteiger partial charge is 0.392 e. The second-order valence-corrected chi connectivity index (χ2v) is 9.67. The van der Waals surface area contributed by atoms with Crippen molar-refractivity contribution in [3.8, 4) is 11.3 Å². The summed E-state index contributed by atoms with van der Waals surface area (Å²) < 4.78 is 0. The van der Waals surface area contributed by atoms with E-state index in [1.54, 1.807) is 6.07 Å². The summed E-state index contributed by atoms with van der Waals surface area (Å²) in [7, 11) is 0. The smallest absolute Gasteiger partial charge is 0.153 e. The molecule has 2 aliphatic rings. The van der Waals surface area contributed by atoms with Crippen molar-refractivity contribution in [1.29, 1.82) is 0 Å². The molecule has 33 heavy (non-hydrogen) atoms. The molecule has 0 bridgehead atoms. The van der Waals surface area contributed by atoms with Crippen LogP contribution < -0.4 is 10.6 Å². The summed E-state index contributed by atoms with van der Waals surface area (Å²) in [6.45, 7) is 3.30. The van der Waals surface area contributed by atoms with E-state index < -0.39 is 0 Å². The van der Waals surface area contributed by atoms with Crippen LogP contribution in [0, 0.1) is 12.3 Å². The molecule has 1 atom stereocenters. The number of aliphatic hydroxyl groups excluding tert-OH is 2. The van der Waals surface area contributed by atoms with Crippen LogP contribution in [0.15, 0.2) is 42.5 Å². The lowest BCUT2D eigenvalue weighted by atomic mass is 9.73. The third-order valence-electron chi connectivity index (χ3n) is 7.39. The zero-order valence-corrected chi connectivity index (χ0v) is 19.5. The number of piperidine rings is 1. The zero-order chi connectivity index (χ0) is 23.2. The molecular weight excluding hydrogens is 436 g/mol. The molecule has 7 heteroatoms. The van der Waals surface area contributed by atoms with E-state index in [1.165, 1.54) is 11.1 Å². The van der Waals surface area contributed by atoms with Gasteiger partial charge in [0.15, 0.2) is 5.82 Å². The molecule has 0 saturated carbocycles. The number of rotatable bonds is 4. The molecule has 2 heterocycles. The molecule has 1 saturated heterocycles. The molecule has 1 aromatic heterocycles. The van der Waals surface area contributed by atoms with Crippen molar-refractivity contribution < 1.29 is 10.2 Å². The topological polar surface area (TPSA) is 95.5 Å². The van der Waals surface area contributed by atoms with E-state index in [0.29, 0.717) is 16.4 Å². The van der Waals surface area contributed by atoms with Gasteiger partial charge in [0.05, 0.1) is 29.6 Å². The van der Waals surface area contributed by atoms with Gasteiger partial charge in [-0.05, 0) is 54.4 Å². The molecule has 1 spiro atoms. The summed E-state index contributed by atoms with van der Waals surface area (Å²) in [4.78, 5) is 11.9. The normalized spacial score (nSPS) is 19.2. The maximum atomic E-state index is 10.1. The van der Waals surface area contributed by atoms with Gasteiger partial charge in [-0.15, -0.1) is 0 Å². The van der Waals surface area contributed by atoms with Crippen LogP contribution in [0.2, 0.25) is 5.02 Å². The SMILES string of the molecule is Cc1nc(N2CCC3(CC2)Cc2ccccc2[C@H]3N)c(CO)nc1-c1ccc(CO)cc1Cl. The number of benzene rings is 2. The van der Waals surface area contributed by atoms with E-state index in [1.807, 2.05) is 19.1 Å². The number of aryl methyl sites for hydroxylation is 1. The monoisotopic (exact) mass is 464 g/mol. The third-order valence-corrected chi connectivity index (χ3v) is 7.71. The Morgan fingerprint density at radius 3 is 2.52 bits per heavy atom. The summed E-state index contributed by atoms with van der Waals surface area (Å²) in [5.74, 6) is 0.737. The first-order valence-electron chi connectivity index (χ1n) is 11.4. The molecule has 3 aromatic rings. The van der Waals surface area contributed by atoms with E-state index >= 15 is 0 Å². The van der Waals surface area contributed by atoms with Crippen LogP contribution in [-0.4, -0.2) is 33.3 Å². The maximum Gasteiger partial charge on any atom is 0.153 e. The standard InChI is InChI=1S/C26H29ClN4O2/c1-16-23(20-7-6-17(14-32)12-21(20)27)30-22(15-33)25(29-16)31-10-8-26(9-11-31)13-18-4-2-3-5-19(18)24(26)28/h2-7,12,24,32-33H,8-11,13-15,28H2,1H3/t24-/m1/s1. The van der Waals surface area contributed by atoms with E-state index in [0.717, 1.165) is 55.0 Å². The fraction of sp³-hybridized carbons (Fsp3) is 0.385. The van der Waals surface area contributed by atoms with Crippen LogP contribution in [-0.2, 0) is 19.6 Å². The molecule has 0 amide bonds. The maximum absolute atomic E-state index is 10.1. The van der Waals surface area contributed by atoms with Crippen molar-refractivity contribution in [2.75, 3.05) is 18.0 Å². The van der Waals surface area contributed by atoms with E-state index in [4.69, 9.17) is 27.3 Å². The molecule has 1 aliphatic carbocycles. The van der Waals surface area contributed by atoms with Gasteiger partial charge < -0.3 is 20.8 Å². The van der Waals surface area contributed by atoms with Crippen LogP contribution in [0.4, 0.5) is 5.82 Å². The number of anilines is 1. The predicted octanol–water partition coefficient (Wildman–Crippen LogP) is 3.93. The minimum absolute atomic E-state index is 0.0624. The predicted molar refractivity (Wildman–Crippen MR) is 130 cm³/mol. The van der Waals surface area contributed by atoms with Crippen molar-refractivity contribution >= 4 is 17.4 Å². The number of aliphatic hydroxyl groups is 2. The Balaban J connectivity index is 1.40. The summed E-state index contributed by atoms with van der Waals surface area (Å²) in [6.07, 6.45) is 2.98. The van der Waals surface area contributed by atoms with Crippen LogP contribution in [0.3, 0.4) is 0 Å². The van der Waals surface area contributed by atoms with Gasteiger partial charge in [-0.1, -0.05) is 48.0 Å². The van der Waals surface area contributed by atoms with Gasteiger partial charge in [0, 0.05) is 24.7 Å². The number of halogens is 1. The van der Waals surface area contributed by atoms with E-state index in [-0.39, 0.29) is 24.7 Å². The fourth-order valence-corrected chi connectivity index (χ4v) is 5.77. The lowest BCUT2D eigenvalue weighted by molar-refractivity contribution is 0.186. The summed E-state index contributed by atoms with van der Waals surface area (Å²) in [5.41, 5.74) is 12.9. The second-order valence-electron chi connectivity index (χ2n) is 9.26. The van der Waals surface area contributed by atoms with Crippen LogP contribution in [0.5, 0.6) is 0 Å². The quantitative estimate of drug-likeness (QED) is 0.541. The lowest BCUT2D eigenvalue weighted by Gasteiger charge is -2.43. The Hall–Kier alpha value is -2.51. The highest BCUT2D eigenvalue weighted by atomic mass is 35.5. The van der Waals surface area contributed by atoms with Gasteiger partial charge in [-0.3, -0.25) is 0 Å². The average Bonchev–Trinajstić information content (AvgIpc) is 3.11. The molecular formula is C26H29ClN4O2. The Bertz CT molecular complexity index is 1190. The molecule has 0 radical (unpaired) electrons. The number of hydrogen-bond donors (Lipinski definition) is 3. The minimum atomic E-state index is -0.200. The molecule has 1 aliphatic heterocycles. The van der Waals surface area contributed by atoms with Gasteiger partial charge in [-0.2, -0.15) is 0 Å². The molecule has 4 N–H and O–H groups in total. The van der Waals surface area contributed by atoms with Crippen molar-refractivity contribution in [3.05, 3.63) is 75.6 Å². The third kappa shape index (κ3) is 3.81. The molecule has 0 unspecified atom stereocenters. The number of aromatic nitrogens is 2. The summed E-state index contributed by atoms with van der Waals surface area (Å²) in [6, 6.07) is 14.0. The molecule has 172 valence electrons. The van der Waals surface area contributed by atoms with Crippen LogP contribution in [0.25, 0.3) is 11.3 Å². The van der Waals surface area contributed by atoms with Crippen LogP contribution >= 0.6 is 11.6 Å². The highest BCUT2D eigenvalue weighted by molar-refractivity contribution is 6.33. The van der Waals surface area contributed by atoms with Crippen molar-refractivity contribution in [2.24, 2.45) is 11.1 Å².